The Morgan fingerprint density at radius 1 is 1.32 bits per heavy atom. The van der Waals surface area contributed by atoms with Gasteiger partial charge in [0.25, 0.3) is 0 Å². The molecule has 0 amide bonds. The molecule has 1 aliphatic rings. The van der Waals surface area contributed by atoms with Crippen molar-refractivity contribution in [1.29, 1.82) is 0 Å². The average Bonchev–Trinajstić information content (AvgIpc) is 3.15. The van der Waals surface area contributed by atoms with Gasteiger partial charge in [-0.05, 0) is 57.9 Å². The molecule has 0 bridgehead atoms. The van der Waals surface area contributed by atoms with Gasteiger partial charge in [0.1, 0.15) is 0 Å². The molecule has 1 aromatic rings. The Hall–Kier alpha value is -1.27. The number of anilines is 2. The van der Waals surface area contributed by atoms with Gasteiger partial charge in [-0.25, -0.2) is 13.1 Å². The topological polar surface area (TPSA) is 84.2 Å². The molecule has 106 valence electrons. The zero-order valence-electron chi connectivity index (χ0n) is 11.5. The van der Waals surface area contributed by atoms with Crippen LogP contribution >= 0.6 is 0 Å². The number of hydrogen-bond donors (Lipinski definition) is 3. The Kier molecular flexibility index (Phi) is 3.49. The first-order chi connectivity index (χ1) is 8.76. The molecule has 0 unspecified atom stereocenters. The Morgan fingerprint density at radius 3 is 2.42 bits per heavy atom. The summed E-state index contributed by atoms with van der Waals surface area (Å²) in [5.74, 6) is 0.660. The molecule has 1 fully saturated rings. The van der Waals surface area contributed by atoms with Crippen LogP contribution in [0.3, 0.4) is 0 Å². The van der Waals surface area contributed by atoms with Gasteiger partial charge in [-0.2, -0.15) is 0 Å². The molecule has 5 nitrogen and oxygen atoms in total. The van der Waals surface area contributed by atoms with Crippen LogP contribution in [0.1, 0.15) is 26.7 Å². The summed E-state index contributed by atoms with van der Waals surface area (Å²) < 4.78 is 25.6. The fraction of sp³-hybridized carbons (Fsp3) is 0.538. The monoisotopic (exact) mass is 283 g/mol. The molecule has 1 saturated carbocycles. The average molecular weight is 283 g/mol. The van der Waals surface area contributed by atoms with Crippen LogP contribution in [0.25, 0.3) is 0 Å². The van der Waals surface area contributed by atoms with Crippen LogP contribution in [-0.2, 0) is 10.0 Å². The minimum Gasteiger partial charge on any atom is -0.397 e. The van der Waals surface area contributed by atoms with Crippen molar-refractivity contribution in [3.05, 3.63) is 18.2 Å². The van der Waals surface area contributed by atoms with Crippen molar-refractivity contribution in [2.75, 3.05) is 18.1 Å². The predicted molar refractivity (Wildman–Crippen MR) is 77.5 cm³/mol. The Labute approximate surface area is 114 Å². The highest BCUT2D eigenvalue weighted by atomic mass is 32.2. The van der Waals surface area contributed by atoms with E-state index in [0.29, 0.717) is 11.6 Å². The fourth-order valence-corrected chi connectivity index (χ4v) is 2.96. The minimum atomic E-state index is -3.44. The van der Waals surface area contributed by atoms with Crippen LogP contribution in [-0.4, -0.2) is 21.0 Å². The molecule has 0 radical (unpaired) electrons. The summed E-state index contributed by atoms with van der Waals surface area (Å²) in [4.78, 5) is 0.183. The van der Waals surface area contributed by atoms with E-state index in [1.54, 1.807) is 12.1 Å². The molecule has 4 N–H and O–H groups in total. The molecule has 19 heavy (non-hydrogen) atoms. The van der Waals surface area contributed by atoms with E-state index in [1.807, 2.05) is 0 Å². The van der Waals surface area contributed by atoms with Crippen molar-refractivity contribution in [3.63, 3.8) is 0 Å². The summed E-state index contributed by atoms with van der Waals surface area (Å²) in [6, 6.07) is 4.77. The maximum atomic E-state index is 11.7. The van der Waals surface area contributed by atoms with Gasteiger partial charge in [0.15, 0.2) is 0 Å². The van der Waals surface area contributed by atoms with E-state index in [0.717, 1.165) is 5.69 Å². The predicted octanol–water partition coefficient (Wildman–Crippen LogP) is 1.78. The maximum Gasteiger partial charge on any atom is 0.240 e. The van der Waals surface area contributed by atoms with Crippen molar-refractivity contribution < 1.29 is 8.42 Å². The third kappa shape index (κ3) is 3.01. The molecule has 0 aromatic heterocycles. The molecule has 0 spiro atoms. The van der Waals surface area contributed by atoms with Crippen LogP contribution in [0.5, 0.6) is 0 Å². The summed E-state index contributed by atoms with van der Waals surface area (Å²) in [6.45, 7) is 4.28. The molecular weight excluding hydrogens is 262 g/mol. The van der Waals surface area contributed by atoms with Gasteiger partial charge in [-0.1, -0.05) is 0 Å². The highest BCUT2D eigenvalue weighted by Gasteiger charge is 2.37. The van der Waals surface area contributed by atoms with Crippen LogP contribution in [0.4, 0.5) is 11.4 Å². The quantitative estimate of drug-likeness (QED) is 0.719. The molecule has 1 aromatic carbocycles. The van der Waals surface area contributed by atoms with Gasteiger partial charge in [0.2, 0.25) is 10.0 Å². The summed E-state index contributed by atoms with van der Waals surface area (Å²) >= 11 is 0. The lowest BCUT2D eigenvalue weighted by Gasteiger charge is -2.28. The van der Waals surface area contributed by atoms with E-state index < -0.39 is 10.0 Å². The van der Waals surface area contributed by atoms with Gasteiger partial charge in [-0.3, -0.25) is 0 Å². The van der Waals surface area contributed by atoms with E-state index in [9.17, 15) is 8.42 Å². The Bertz CT molecular complexity index is 578. The maximum absolute atomic E-state index is 11.7. The third-order valence-electron chi connectivity index (χ3n) is 3.66. The van der Waals surface area contributed by atoms with Gasteiger partial charge < -0.3 is 11.1 Å². The molecule has 0 saturated heterocycles. The van der Waals surface area contributed by atoms with Crippen LogP contribution < -0.4 is 15.8 Å². The summed E-state index contributed by atoms with van der Waals surface area (Å²) in [6.07, 6.45) is 2.46. The second-order valence-corrected chi connectivity index (χ2v) is 7.46. The van der Waals surface area contributed by atoms with Gasteiger partial charge in [-0.15, -0.1) is 0 Å². The second-order valence-electron chi connectivity index (χ2n) is 5.58. The van der Waals surface area contributed by atoms with E-state index in [2.05, 4.69) is 23.9 Å². The molecule has 0 atom stereocenters. The number of nitrogens with two attached hydrogens (primary N) is 1. The molecular formula is C13H21N3O2S. The number of nitrogen functional groups attached to an aromatic ring is 1. The summed E-state index contributed by atoms with van der Waals surface area (Å²) in [5, 5.41) is 3.40. The molecule has 6 heteroatoms. The number of sulfonamides is 1. The van der Waals surface area contributed by atoms with Crippen LogP contribution in [0.2, 0.25) is 0 Å². The largest absolute Gasteiger partial charge is 0.397 e. The smallest absolute Gasteiger partial charge is 0.240 e. The first-order valence-corrected chi connectivity index (χ1v) is 7.86. The Balaban J connectivity index is 2.25. The van der Waals surface area contributed by atoms with E-state index in [-0.39, 0.29) is 10.4 Å². The third-order valence-corrected chi connectivity index (χ3v) is 5.07. The standard InChI is InChI=1S/C13H21N3O2S/c1-13(2,9-4-5-9)16-12-7-6-10(8-11(12)14)19(17,18)15-3/h6-9,15-16H,4-5,14H2,1-3H3. The van der Waals surface area contributed by atoms with Crippen LogP contribution in [0.15, 0.2) is 23.1 Å². The normalized spacial score (nSPS) is 16.4. The highest BCUT2D eigenvalue weighted by molar-refractivity contribution is 7.89. The van der Waals surface area contributed by atoms with Gasteiger partial charge in [0.05, 0.1) is 16.3 Å². The van der Waals surface area contributed by atoms with E-state index in [4.69, 9.17) is 5.73 Å². The molecule has 2 rings (SSSR count). The van der Waals surface area contributed by atoms with Crippen molar-refractivity contribution in [1.82, 2.24) is 4.72 Å². The fourth-order valence-electron chi connectivity index (χ4n) is 2.19. The lowest BCUT2D eigenvalue weighted by atomic mass is 9.98. The van der Waals surface area contributed by atoms with Crippen molar-refractivity contribution in [2.24, 2.45) is 5.92 Å². The minimum absolute atomic E-state index is 0.0164. The van der Waals surface area contributed by atoms with E-state index >= 15 is 0 Å². The lowest BCUT2D eigenvalue weighted by Crippen LogP contribution is -2.33. The zero-order valence-corrected chi connectivity index (χ0v) is 12.3. The van der Waals surface area contributed by atoms with Crippen molar-refractivity contribution >= 4 is 21.4 Å². The van der Waals surface area contributed by atoms with Crippen molar-refractivity contribution in [2.45, 2.75) is 37.1 Å². The first kappa shape index (κ1) is 14.1. The summed E-state index contributed by atoms with van der Waals surface area (Å²) in [7, 11) is -2.06. The Morgan fingerprint density at radius 2 is 1.95 bits per heavy atom. The number of benzene rings is 1. The zero-order chi connectivity index (χ0) is 14.3. The van der Waals surface area contributed by atoms with Crippen LogP contribution in [0, 0.1) is 5.92 Å². The number of hydrogen-bond acceptors (Lipinski definition) is 4. The molecule has 0 heterocycles. The summed E-state index contributed by atoms with van der Waals surface area (Å²) in [5.41, 5.74) is 7.16. The lowest BCUT2D eigenvalue weighted by molar-refractivity contribution is 0.495. The highest BCUT2D eigenvalue weighted by Crippen LogP contribution is 2.41. The molecule has 1 aliphatic carbocycles. The van der Waals surface area contributed by atoms with Crippen molar-refractivity contribution in [3.8, 4) is 0 Å². The SMILES string of the molecule is CNS(=O)(=O)c1ccc(NC(C)(C)C2CC2)c(N)c1. The number of nitrogens with one attached hydrogen (secondary N) is 2. The second kappa shape index (κ2) is 4.68. The van der Waals surface area contributed by atoms with E-state index in [1.165, 1.54) is 26.0 Å². The first-order valence-electron chi connectivity index (χ1n) is 6.37. The van der Waals surface area contributed by atoms with Gasteiger partial charge in [0, 0.05) is 5.54 Å². The number of rotatable bonds is 5. The molecule has 0 aliphatic heterocycles. The van der Waals surface area contributed by atoms with Gasteiger partial charge >= 0.3 is 0 Å².